The number of hydrogen-bond acceptors (Lipinski definition) is 2. The van der Waals surface area contributed by atoms with E-state index in [0.29, 0.717) is 5.95 Å². The largest absolute Gasteiger partial charge is 0.369 e. The maximum atomic E-state index is 5.61. The van der Waals surface area contributed by atoms with Gasteiger partial charge >= 0.3 is 0 Å². The topological polar surface area (TPSA) is 54.7 Å². The van der Waals surface area contributed by atoms with E-state index in [4.69, 9.17) is 5.73 Å². The number of aromatic amines is 1. The number of benzene rings is 2. The predicted octanol–water partition coefficient (Wildman–Crippen LogP) is 2.30. The van der Waals surface area contributed by atoms with Crippen LogP contribution in [-0.4, -0.2) is 9.97 Å². The molecule has 0 saturated heterocycles. The lowest BCUT2D eigenvalue weighted by Crippen LogP contribution is -1.84. The first-order valence-corrected chi connectivity index (χ1v) is 4.47. The molecule has 1 aromatic heterocycles. The molecule has 0 amide bonds. The predicted molar refractivity (Wildman–Crippen MR) is 58.0 cm³/mol. The highest BCUT2D eigenvalue weighted by Gasteiger charge is 2.03. The number of imidazole rings is 1. The van der Waals surface area contributed by atoms with Crippen molar-refractivity contribution in [1.29, 1.82) is 0 Å². The van der Waals surface area contributed by atoms with Crippen molar-refractivity contribution in [2.45, 2.75) is 0 Å². The van der Waals surface area contributed by atoms with Gasteiger partial charge in [0.2, 0.25) is 0 Å². The summed E-state index contributed by atoms with van der Waals surface area (Å²) < 4.78 is 0. The molecule has 0 saturated carbocycles. The van der Waals surface area contributed by atoms with Crippen LogP contribution in [-0.2, 0) is 0 Å². The van der Waals surface area contributed by atoms with Crippen molar-refractivity contribution in [2.24, 2.45) is 0 Å². The highest BCUT2D eigenvalue weighted by molar-refractivity contribution is 6.04. The van der Waals surface area contributed by atoms with Crippen molar-refractivity contribution in [3.63, 3.8) is 0 Å². The van der Waals surface area contributed by atoms with E-state index in [2.05, 4.69) is 28.2 Å². The molecule has 3 N–H and O–H groups in total. The highest BCUT2D eigenvalue weighted by atomic mass is 15.0. The van der Waals surface area contributed by atoms with Gasteiger partial charge in [-0.3, -0.25) is 0 Å². The summed E-state index contributed by atoms with van der Waals surface area (Å²) in [6, 6.07) is 12.2. The van der Waals surface area contributed by atoms with Gasteiger partial charge in [0, 0.05) is 5.39 Å². The van der Waals surface area contributed by atoms with E-state index in [1.807, 2.05) is 18.2 Å². The van der Waals surface area contributed by atoms with Gasteiger partial charge in [-0.1, -0.05) is 30.3 Å². The second kappa shape index (κ2) is 2.48. The monoisotopic (exact) mass is 183 g/mol. The number of aromatic nitrogens is 2. The molecule has 2 aromatic carbocycles. The Hall–Kier alpha value is -2.03. The first-order valence-electron chi connectivity index (χ1n) is 4.47. The summed E-state index contributed by atoms with van der Waals surface area (Å²) in [6.45, 7) is 0. The zero-order valence-electron chi connectivity index (χ0n) is 7.49. The van der Waals surface area contributed by atoms with Gasteiger partial charge in [0.05, 0.1) is 11.0 Å². The minimum absolute atomic E-state index is 0.469. The van der Waals surface area contributed by atoms with Gasteiger partial charge < -0.3 is 10.7 Å². The molecule has 3 nitrogen and oxygen atoms in total. The molecule has 3 rings (SSSR count). The number of nitrogens with one attached hydrogen (secondary N) is 1. The molecule has 0 aliphatic heterocycles. The number of nitrogens with zero attached hydrogens (tertiary/aromatic N) is 1. The van der Waals surface area contributed by atoms with E-state index in [1.165, 1.54) is 5.39 Å². The van der Waals surface area contributed by atoms with Gasteiger partial charge in [-0.2, -0.15) is 0 Å². The Morgan fingerprint density at radius 1 is 1.07 bits per heavy atom. The Morgan fingerprint density at radius 3 is 2.86 bits per heavy atom. The van der Waals surface area contributed by atoms with E-state index in [-0.39, 0.29) is 0 Å². The lowest BCUT2D eigenvalue weighted by atomic mass is 10.1. The van der Waals surface area contributed by atoms with Crippen molar-refractivity contribution >= 4 is 27.8 Å². The lowest BCUT2D eigenvalue weighted by Gasteiger charge is -1.96. The molecule has 0 atom stereocenters. The van der Waals surface area contributed by atoms with Crippen molar-refractivity contribution < 1.29 is 0 Å². The molecular weight excluding hydrogens is 174 g/mol. The maximum absolute atomic E-state index is 5.61. The van der Waals surface area contributed by atoms with Crippen LogP contribution in [0.15, 0.2) is 36.4 Å². The summed E-state index contributed by atoms with van der Waals surface area (Å²) in [5, 5.41) is 2.32. The van der Waals surface area contributed by atoms with Gasteiger partial charge in [-0.15, -0.1) is 0 Å². The van der Waals surface area contributed by atoms with E-state index in [0.717, 1.165) is 16.4 Å². The Kier molecular flexibility index (Phi) is 1.31. The summed E-state index contributed by atoms with van der Waals surface area (Å²) in [5.74, 6) is 0.469. The van der Waals surface area contributed by atoms with Crippen LogP contribution >= 0.6 is 0 Å². The average Bonchev–Trinajstić information content (AvgIpc) is 2.59. The first kappa shape index (κ1) is 7.38. The molecule has 1 heterocycles. The minimum Gasteiger partial charge on any atom is -0.369 e. The van der Waals surface area contributed by atoms with E-state index in [9.17, 15) is 0 Å². The molecule has 0 bridgehead atoms. The van der Waals surface area contributed by atoms with E-state index in [1.54, 1.807) is 0 Å². The molecule has 0 unspecified atom stereocenters. The molecule has 0 aliphatic rings. The van der Waals surface area contributed by atoms with Crippen LogP contribution in [0.3, 0.4) is 0 Å². The van der Waals surface area contributed by atoms with Crippen LogP contribution in [0, 0.1) is 0 Å². The summed E-state index contributed by atoms with van der Waals surface area (Å²) in [7, 11) is 0. The van der Waals surface area contributed by atoms with Crippen LogP contribution in [0.5, 0.6) is 0 Å². The Labute approximate surface area is 80.6 Å². The molecular formula is C11H9N3. The van der Waals surface area contributed by atoms with Crippen molar-refractivity contribution in [2.75, 3.05) is 5.73 Å². The Morgan fingerprint density at radius 2 is 1.93 bits per heavy atom. The number of H-pyrrole nitrogens is 1. The van der Waals surface area contributed by atoms with Gasteiger partial charge in [0.15, 0.2) is 5.95 Å². The van der Waals surface area contributed by atoms with Gasteiger partial charge in [0.25, 0.3) is 0 Å². The number of fused-ring (bicyclic) bond motifs is 3. The highest BCUT2D eigenvalue weighted by Crippen LogP contribution is 2.23. The van der Waals surface area contributed by atoms with Crippen molar-refractivity contribution in [3.8, 4) is 0 Å². The fourth-order valence-electron chi connectivity index (χ4n) is 1.76. The third kappa shape index (κ3) is 0.893. The number of nitrogen functional groups attached to an aromatic ring is 1. The van der Waals surface area contributed by atoms with Crippen LogP contribution in [0.4, 0.5) is 5.95 Å². The molecule has 0 aliphatic carbocycles. The number of nitrogens with two attached hydrogens (primary N) is 1. The van der Waals surface area contributed by atoms with Crippen LogP contribution in [0.1, 0.15) is 0 Å². The number of anilines is 1. The fourth-order valence-corrected chi connectivity index (χ4v) is 1.76. The van der Waals surface area contributed by atoms with Crippen molar-refractivity contribution in [1.82, 2.24) is 9.97 Å². The third-order valence-electron chi connectivity index (χ3n) is 2.40. The van der Waals surface area contributed by atoms with Crippen molar-refractivity contribution in [3.05, 3.63) is 36.4 Å². The second-order valence-electron chi connectivity index (χ2n) is 3.30. The fraction of sp³-hybridized carbons (Fsp3) is 0. The van der Waals surface area contributed by atoms with Crippen LogP contribution in [0.2, 0.25) is 0 Å². The van der Waals surface area contributed by atoms with Gasteiger partial charge in [-0.25, -0.2) is 4.98 Å². The SMILES string of the molecule is Nc1nc2c(ccc3ccccc32)[nH]1. The zero-order chi connectivity index (χ0) is 9.54. The summed E-state index contributed by atoms with van der Waals surface area (Å²) in [6.07, 6.45) is 0. The number of rotatable bonds is 0. The second-order valence-corrected chi connectivity index (χ2v) is 3.30. The maximum Gasteiger partial charge on any atom is 0.198 e. The van der Waals surface area contributed by atoms with Crippen LogP contribution < -0.4 is 5.73 Å². The molecule has 3 aromatic rings. The smallest absolute Gasteiger partial charge is 0.198 e. The zero-order valence-corrected chi connectivity index (χ0v) is 7.49. The van der Waals surface area contributed by atoms with Gasteiger partial charge in [-0.05, 0) is 11.5 Å². The summed E-state index contributed by atoms with van der Waals surface area (Å²) in [5.41, 5.74) is 7.55. The minimum atomic E-state index is 0.469. The Balaban J connectivity index is 2.60. The quantitative estimate of drug-likeness (QED) is 0.561. The van der Waals surface area contributed by atoms with Gasteiger partial charge in [0.1, 0.15) is 0 Å². The van der Waals surface area contributed by atoms with E-state index < -0.39 is 0 Å². The lowest BCUT2D eigenvalue weighted by molar-refractivity contribution is 1.36. The first-order chi connectivity index (χ1) is 6.84. The molecule has 3 heteroatoms. The normalized spacial score (nSPS) is 11.1. The van der Waals surface area contributed by atoms with Crippen LogP contribution in [0.25, 0.3) is 21.8 Å². The average molecular weight is 183 g/mol. The standard InChI is InChI=1S/C11H9N3/c12-11-13-9-6-5-7-3-1-2-4-8(7)10(9)14-11/h1-6H,(H3,12,13,14). The molecule has 0 fully saturated rings. The molecule has 68 valence electrons. The summed E-state index contributed by atoms with van der Waals surface area (Å²) >= 11 is 0. The molecule has 14 heavy (non-hydrogen) atoms. The molecule has 0 radical (unpaired) electrons. The Bertz CT molecular complexity index is 610. The summed E-state index contributed by atoms with van der Waals surface area (Å²) in [4.78, 5) is 7.28. The third-order valence-corrected chi connectivity index (χ3v) is 2.40. The molecule has 0 spiro atoms. The van der Waals surface area contributed by atoms with E-state index >= 15 is 0 Å². The number of hydrogen-bond donors (Lipinski definition) is 2.